The highest BCUT2D eigenvalue weighted by Crippen LogP contribution is 2.25. The number of methoxy groups -OCH3 is 1. The minimum absolute atomic E-state index is 0.0509. The number of allylic oxidation sites excluding steroid dienone is 1. The fraction of sp³-hybridized carbons (Fsp3) is 0.318. The minimum atomic E-state index is -0.653. The Labute approximate surface area is 169 Å². The summed E-state index contributed by atoms with van der Waals surface area (Å²) in [4.78, 5) is 24.7. The van der Waals surface area contributed by atoms with Gasteiger partial charge in [-0.15, -0.1) is 0 Å². The number of amides is 1. The van der Waals surface area contributed by atoms with Crippen LogP contribution < -0.4 is 11.1 Å². The number of nitrogen functional groups attached to an aromatic ring is 1. The second-order valence-corrected chi connectivity index (χ2v) is 6.94. The number of hydrogen-bond donors (Lipinski definition) is 2. The maximum absolute atomic E-state index is 12.6. The average Bonchev–Trinajstić information content (AvgIpc) is 3.10. The monoisotopic (exact) mass is 392 g/mol. The Balaban J connectivity index is 1.79. The van der Waals surface area contributed by atoms with E-state index in [1.54, 1.807) is 24.3 Å². The Morgan fingerprint density at radius 1 is 1.34 bits per heavy atom. The normalized spacial score (nSPS) is 13.3. The lowest BCUT2D eigenvalue weighted by molar-refractivity contribution is 0.0593. The van der Waals surface area contributed by atoms with E-state index in [0.29, 0.717) is 17.8 Å². The summed E-state index contributed by atoms with van der Waals surface area (Å²) in [6, 6.07) is 8.77. The van der Waals surface area contributed by atoms with Crippen LogP contribution in [0.2, 0.25) is 0 Å². The molecule has 7 heteroatoms. The highest BCUT2D eigenvalue weighted by molar-refractivity contribution is 5.97. The Kier molecular flexibility index (Phi) is 6.35. The number of carbonyl (C=O) groups is 2. The molecule has 29 heavy (non-hydrogen) atoms. The third kappa shape index (κ3) is 4.49. The van der Waals surface area contributed by atoms with Crippen molar-refractivity contribution in [2.75, 3.05) is 19.4 Å². The first kappa shape index (κ1) is 20.2. The molecule has 0 atom stereocenters. The Hall–Kier alpha value is -3.53. The number of nitrogens with zero attached hydrogens (tertiary/aromatic N) is 2. The van der Waals surface area contributed by atoms with Crippen LogP contribution in [0.4, 0.5) is 5.69 Å². The van der Waals surface area contributed by atoms with Gasteiger partial charge < -0.3 is 20.4 Å². The molecule has 1 aliphatic rings. The van der Waals surface area contributed by atoms with Crippen molar-refractivity contribution in [3.05, 3.63) is 58.9 Å². The maximum Gasteiger partial charge on any atom is 0.357 e. The number of benzene rings is 1. The summed E-state index contributed by atoms with van der Waals surface area (Å²) >= 11 is 0. The van der Waals surface area contributed by atoms with E-state index in [4.69, 9.17) is 10.5 Å². The van der Waals surface area contributed by atoms with Gasteiger partial charge in [0.2, 0.25) is 0 Å². The zero-order valence-electron chi connectivity index (χ0n) is 16.4. The van der Waals surface area contributed by atoms with Gasteiger partial charge in [0.1, 0.15) is 6.07 Å². The zero-order chi connectivity index (χ0) is 20.8. The third-order valence-electron chi connectivity index (χ3n) is 5.05. The van der Waals surface area contributed by atoms with Gasteiger partial charge >= 0.3 is 5.97 Å². The number of ether oxygens (including phenoxy) is 1. The molecule has 1 heterocycles. The second kappa shape index (κ2) is 9.11. The summed E-state index contributed by atoms with van der Waals surface area (Å²) < 4.78 is 6.27. The number of anilines is 1. The summed E-state index contributed by atoms with van der Waals surface area (Å²) in [6.45, 7) is 0.581. The van der Waals surface area contributed by atoms with Gasteiger partial charge in [-0.05, 0) is 50.3 Å². The van der Waals surface area contributed by atoms with Crippen molar-refractivity contribution in [2.24, 2.45) is 0 Å². The molecule has 3 rings (SSSR count). The summed E-state index contributed by atoms with van der Waals surface area (Å²) in [5, 5.41) is 12.2. The molecule has 2 aromatic rings. The highest BCUT2D eigenvalue weighted by Gasteiger charge is 2.22. The van der Waals surface area contributed by atoms with Crippen LogP contribution in [0.3, 0.4) is 0 Å². The second-order valence-electron chi connectivity index (χ2n) is 6.94. The zero-order valence-corrected chi connectivity index (χ0v) is 16.4. The molecular formula is C22H24N4O3. The highest BCUT2D eigenvalue weighted by atomic mass is 16.5. The largest absolute Gasteiger partial charge is 0.464 e. The molecule has 150 valence electrons. The number of hydrogen-bond acceptors (Lipinski definition) is 5. The molecule has 3 N–H and O–H groups in total. The first-order valence-electron chi connectivity index (χ1n) is 9.61. The molecule has 0 spiro atoms. The first-order chi connectivity index (χ1) is 14.0. The molecule has 0 aliphatic heterocycles. The van der Waals surface area contributed by atoms with Crippen molar-refractivity contribution in [2.45, 2.75) is 32.1 Å². The Bertz CT molecular complexity index is 998. The van der Waals surface area contributed by atoms with Crippen molar-refractivity contribution in [3.8, 4) is 11.8 Å². The average molecular weight is 392 g/mol. The molecule has 0 fully saturated rings. The third-order valence-corrected chi connectivity index (χ3v) is 5.05. The minimum Gasteiger partial charge on any atom is -0.464 e. The van der Waals surface area contributed by atoms with Gasteiger partial charge in [0.15, 0.2) is 5.69 Å². The van der Waals surface area contributed by atoms with Crippen molar-refractivity contribution in [3.63, 3.8) is 0 Å². The smallest absolute Gasteiger partial charge is 0.357 e. The molecule has 1 aromatic heterocycles. The number of nitriles is 1. The molecule has 0 saturated carbocycles. The van der Waals surface area contributed by atoms with E-state index < -0.39 is 5.97 Å². The molecule has 0 bridgehead atoms. The molecule has 7 nitrogen and oxygen atoms in total. The molecule has 1 aliphatic carbocycles. The Morgan fingerprint density at radius 3 is 2.86 bits per heavy atom. The molecular weight excluding hydrogens is 368 g/mol. The number of aromatic nitrogens is 1. The lowest BCUT2D eigenvalue weighted by atomic mass is 9.97. The van der Waals surface area contributed by atoms with Crippen LogP contribution in [0, 0.1) is 11.3 Å². The van der Waals surface area contributed by atoms with E-state index in [9.17, 15) is 14.9 Å². The van der Waals surface area contributed by atoms with E-state index in [1.807, 2.05) is 6.07 Å². The van der Waals surface area contributed by atoms with Crippen LogP contribution in [-0.2, 0) is 4.74 Å². The van der Waals surface area contributed by atoms with Crippen molar-refractivity contribution >= 4 is 17.6 Å². The van der Waals surface area contributed by atoms with Crippen LogP contribution in [-0.4, -0.2) is 30.1 Å². The van der Waals surface area contributed by atoms with Crippen molar-refractivity contribution in [1.29, 1.82) is 5.26 Å². The van der Waals surface area contributed by atoms with Crippen LogP contribution in [0.1, 0.15) is 58.5 Å². The van der Waals surface area contributed by atoms with E-state index in [1.165, 1.54) is 36.3 Å². The molecule has 1 aromatic carbocycles. The predicted molar refractivity (Wildman–Crippen MR) is 110 cm³/mol. The van der Waals surface area contributed by atoms with Crippen molar-refractivity contribution in [1.82, 2.24) is 9.88 Å². The van der Waals surface area contributed by atoms with Crippen LogP contribution in [0.15, 0.2) is 42.1 Å². The van der Waals surface area contributed by atoms with Crippen LogP contribution >= 0.6 is 0 Å². The van der Waals surface area contributed by atoms with Gasteiger partial charge in [0.25, 0.3) is 5.91 Å². The Morgan fingerprint density at radius 2 is 2.17 bits per heavy atom. The summed E-state index contributed by atoms with van der Waals surface area (Å²) in [5.74, 6) is -0.844. The van der Waals surface area contributed by atoms with E-state index in [-0.39, 0.29) is 22.9 Å². The number of carbonyl (C=O) groups excluding carboxylic acids is 2. The predicted octanol–water partition coefficient (Wildman–Crippen LogP) is 3.34. The summed E-state index contributed by atoms with van der Waals surface area (Å²) in [7, 11) is 1.25. The van der Waals surface area contributed by atoms with Gasteiger partial charge in [-0.3, -0.25) is 4.79 Å². The molecule has 0 radical (unpaired) electrons. The van der Waals surface area contributed by atoms with Gasteiger partial charge in [-0.25, -0.2) is 4.79 Å². The van der Waals surface area contributed by atoms with Crippen LogP contribution in [0.5, 0.6) is 0 Å². The lowest BCUT2D eigenvalue weighted by Gasteiger charge is -2.13. The number of esters is 1. The van der Waals surface area contributed by atoms with Gasteiger partial charge in [0, 0.05) is 24.0 Å². The van der Waals surface area contributed by atoms with Crippen LogP contribution in [0.25, 0.3) is 5.69 Å². The fourth-order valence-corrected chi connectivity index (χ4v) is 3.49. The quantitative estimate of drug-likeness (QED) is 0.579. The van der Waals surface area contributed by atoms with E-state index in [2.05, 4.69) is 11.4 Å². The first-order valence-corrected chi connectivity index (χ1v) is 9.61. The SMILES string of the molecule is COC(=O)c1c(N)c(C#N)cn1-c1cccc(C(=O)NCCC2=CCCCC2)c1. The van der Waals surface area contributed by atoms with Gasteiger partial charge in [0.05, 0.1) is 18.4 Å². The van der Waals surface area contributed by atoms with Crippen molar-refractivity contribution < 1.29 is 14.3 Å². The van der Waals surface area contributed by atoms with E-state index in [0.717, 1.165) is 19.3 Å². The number of nitrogens with two attached hydrogens (primary N) is 1. The molecule has 0 unspecified atom stereocenters. The summed E-state index contributed by atoms with van der Waals surface area (Å²) in [6.07, 6.45) is 9.29. The lowest BCUT2D eigenvalue weighted by Crippen LogP contribution is -2.25. The van der Waals surface area contributed by atoms with Gasteiger partial charge in [-0.2, -0.15) is 5.26 Å². The topological polar surface area (TPSA) is 110 Å². The van der Waals surface area contributed by atoms with E-state index >= 15 is 0 Å². The number of nitrogens with one attached hydrogen (secondary N) is 1. The molecule has 1 amide bonds. The standard InChI is InChI=1S/C22H24N4O3/c1-29-22(28)20-19(24)17(13-23)14-26(20)18-9-5-8-16(12-18)21(27)25-11-10-15-6-3-2-4-7-15/h5-6,8-9,12,14H,2-4,7,10-11,24H2,1H3,(H,25,27). The maximum atomic E-state index is 12.6. The molecule has 0 saturated heterocycles. The number of rotatable bonds is 6. The van der Waals surface area contributed by atoms with Gasteiger partial charge in [-0.1, -0.05) is 17.7 Å². The fourth-order valence-electron chi connectivity index (χ4n) is 3.49. The summed E-state index contributed by atoms with van der Waals surface area (Å²) in [5.41, 5.74) is 8.62.